The van der Waals surface area contributed by atoms with E-state index in [0.717, 1.165) is 4.90 Å². The number of rotatable bonds is 9. The predicted molar refractivity (Wildman–Crippen MR) is 129 cm³/mol. The fourth-order valence-corrected chi connectivity index (χ4v) is 4.06. The van der Waals surface area contributed by atoms with Crippen molar-refractivity contribution in [2.24, 2.45) is 0 Å². The lowest BCUT2D eigenvalue weighted by Gasteiger charge is -2.41. The Balaban J connectivity index is 1.97. The molecule has 1 aliphatic heterocycles. The zero-order chi connectivity index (χ0) is 25.0. The molecule has 0 spiro atoms. The Bertz CT molecular complexity index is 1060. The van der Waals surface area contributed by atoms with Gasteiger partial charge in [0.1, 0.15) is 11.8 Å². The second-order valence-electron chi connectivity index (χ2n) is 8.63. The van der Waals surface area contributed by atoms with Crippen molar-refractivity contribution < 1.29 is 28.6 Å². The monoisotopic (exact) mass is 468 g/mol. The van der Waals surface area contributed by atoms with E-state index in [2.05, 4.69) is 0 Å². The average Bonchev–Trinajstić information content (AvgIpc) is 3.12. The molecule has 1 heterocycles. The number of anilines is 1. The number of carbonyl (C=O) groups excluding carboxylic acids is 3. The minimum Gasteiger partial charge on any atom is -0.494 e. The first-order valence-electron chi connectivity index (χ1n) is 11.3. The van der Waals surface area contributed by atoms with E-state index in [9.17, 15) is 14.4 Å². The van der Waals surface area contributed by atoms with Gasteiger partial charge in [0.05, 0.1) is 32.9 Å². The minimum atomic E-state index is -0.922. The Hall–Kier alpha value is -3.55. The zero-order valence-electron chi connectivity index (χ0n) is 20.6. The molecule has 2 aromatic rings. The van der Waals surface area contributed by atoms with E-state index in [4.69, 9.17) is 14.2 Å². The van der Waals surface area contributed by atoms with Crippen molar-refractivity contribution in [2.75, 3.05) is 25.7 Å². The number of methoxy groups -OCH3 is 2. The summed E-state index contributed by atoms with van der Waals surface area (Å²) in [6, 6.07) is 10.7. The first-order valence-corrected chi connectivity index (χ1v) is 11.3. The summed E-state index contributed by atoms with van der Waals surface area (Å²) >= 11 is 0. The number of hydrogen-bond acceptors (Lipinski definition) is 6. The molecule has 1 atom stereocenters. The van der Waals surface area contributed by atoms with Gasteiger partial charge in [0, 0.05) is 11.1 Å². The molecule has 1 aliphatic rings. The average molecular weight is 469 g/mol. The van der Waals surface area contributed by atoms with Crippen LogP contribution in [0.4, 0.5) is 5.69 Å². The summed E-state index contributed by atoms with van der Waals surface area (Å²) in [6.07, 6.45) is 0.502. The molecule has 3 rings (SSSR count). The van der Waals surface area contributed by atoms with E-state index in [1.165, 1.54) is 19.1 Å². The largest absolute Gasteiger partial charge is 0.494 e. The topological polar surface area (TPSA) is 85.4 Å². The predicted octanol–water partition coefficient (Wildman–Crippen LogP) is 4.07. The molecule has 8 nitrogen and oxygen atoms in total. The number of nitrogens with zero attached hydrogens (tertiary/aromatic N) is 2. The number of imide groups is 1. The van der Waals surface area contributed by atoms with Gasteiger partial charge in [-0.3, -0.25) is 14.4 Å². The van der Waals surface area contributed by atoms with Crippen LogP contribution < -0.4 is 19.1 Å². The van der Waals surface area contributed by atoms with E-state index in [0.29, 0.717) is 41.5 Å². The Morgan fingerprint density at radius 2 is 1.68 bits per heavy atom. The summed E-state index contributed by atoms with van der Waals surface area (Å²) in [6.45, 7) is 8.13. The highest BCUT2D eigenvalue weighted by Gasteiger charge is 2.48. The third-order valence-electron chi connectivity index (χ3n) is 6.21. The molecule has 1 saturated heterocycles. The zero-order valence-corrected chi connectivity index (χ0v) is 20.6. The first kappa shape index (κ1) is 25.1. The highest BCUT2D eigenvalue weighted by atomic mass is 16.5. The summed E-state index contributed by atoms with van der Waals surface area (Å²) in [7, 11) is 3.01. The summed E-state index contributed by atoms with van der Waals surface area (Å²) in [4.78, 5) is 42.9. The van der Waals surface area contributed by atoms with Crippen molar-refractivity contribution in [3.8, 4) is 17.2 Å². The Kier molecular flexibility index (Phi) is 7.49. The smallest absolute Gasteiger partial charge is 0.257 e. The summed E-state index contributed by atoms with van der Waals surface area (Å²) in [5.74, 6) is 0.425. The lowest BCUT2D eigenvalue weighted by Crippen LogP contribution is -2.55. The number of hydrogen-bond donors (Lipinski definition) is 0. The van der Waals surface area contributed by atoms with E-state index < -0.39 is 17.5 Å². The fraction of sp³-hybridized carbons (Fsp3) is 0.423. The van der Waals surface area contributed by atoms with Crippen molar-refractivity contribution >= 4 is 23.4 Å². The van der Waals surface area contributed by atoms with Gasteiger partial charge >= 0.3 is 0 Å². The van der Waals surface area contributed by atoms with Crippen LogP contribution in [0.3, 0.4) is 0 Å². The van der Waals surface area contributed by atoms with Crippen molar-refractivity contribution in [1.82, 2.24) is 4.90 Å². The molecule has 1 fully saturated rings. The molecule has 1 unspecified atom stereocenters. The van der Waals surface area contributed by atoms with Crippen LogP contribution in [-0.4, -0.2) is 55.0 Å². The van der Waals surface area contributed by atoms with Crippen LogP contribution >= 0.6 is 0 Å². The SMILES string of the molecule is CCOc1ccc(N2C(=O)CC(N(C(=O)c3ccc(OC)c(OC)c3)C(C)(C)CC)C2=O)cc1. The van der Waals surface area contributed by atoms with E-state index >= 15 is 0 Å². The van der Waals surface area contributed by atoms with Gasteiger partial charge in [-0.25, -0.2) is 4.90 Å². The molecule has 0 aromatic heterocycles. The van der Waals surface area contributed by atoms with Crippen molar-refractivity contribution in [1.29, 1.82) is 0 Å². The van der Waals surface area contributed by atoms with Gasteiger partial charge in [0.2, 0.25) is 5.91 Å². The second kappa shape index (κ2) is 10.2. The van der Waals surface area contributed by atoms with E-state index in [-0.39, 0.29) is 18.2 Å². The fourth-order valence-electron chi connectivity index (χ4n) is 4.06. The van der Waals surface area contributed by atoms with Crippen LogP contribution in [0.15, 0.2) is 42.5 Å². The number of amides is 3. The third kappa shape index (κ3) is 4.71. The van der Waals surface area contributed by atoms with Crippen LogP contribution in [0.1, 0.15) is 50.9 Å². The molecule has 0 aliphatic carbocycles. The third-order valence-corrected chi connectivity index (χ3v) is 6.21. The van der Waals surface area contributed by atoms with Crippen molar-refractivity contribution in [3.05, 3.63) is 48.0 Å². The van der Waals surface area contributed by atoms with Gasteiger partial charge in [-0.05, 0) is 69.7 Å². The molecule has 8 heteroatoms. The molecular weight excluding hydrogens is 436 g/mol. The van der Waals surface area contributed by atoms with Crippen LogP contribution in [0.25, 0.3) is 0 Å². The van der Waals surface area contributed by atoms with Crippen molar-refractivity contribution in [3.63, 3.8) is 0 Å². The minimum absolute atomic E-state index is 0.0888. The second-order valence-corrected chi connectivity index (χ2v) is 8.63. The van der Waals surface area contributed by atoms with Gasteiger partial charge in [-0.1, -0.05) is 6.92 Å². The molecular formula is C26H32N2O6. The highest BCUT2D eigenvalue weighted by molar-refractivity contribution is 6.23. The summed E-state index contributed by atoms with van der Waals surface area (Å²) < 4.78 is 16.1. The molecule has 2 aromatic carbocycles. The van der Waals surface area contributed by atoms with Gasteiger partial charge < -0.3 is 19.1 Å². The molecule has 0 N–H and O–H groups in total. The normalized spacial score (nSPS) is 15.9. The quantitative estimate of drug-likeness (QED) is 0.516. The van der Waals surface area contributed by atoms with Crippen molar-refractivity contribution in [2.45, 2.75) is 52.1 Å². The Morgan fingerprint density at radius 1 is 1.03 bits per heavy atom. The molecule has 0 bridgehead atoms. The molecule has 0 radical (unpaired) electrons. The van der Waals surface area contributed by atoms with Gasteiger partial charge in [-0.2, -0.15) is 0 Å². The van der Waals surface area contributed by atoms with E-state index in [1.54, 1.807) is 42.5 Å². The Labute approximate surface area is 200 Å². The van der Waals surface area contributed by atoms with Crippen LogP contribution in [0, 0.1) is 0 Å². The summed E-state index contributed by atoms with van der Waals surface area (Å²) in [5.41, 5.74) is 0.118. The standard InChI is InChI=1S/C26H32N2O6/c1-7-26(3,4)28(24(30)17-9-14-21(32-5)22(15-17)33-6)20-16-23(29)27(25(20)31)18-10-12-19(13-11-18)34-8-2/h9-15,20H,7-8,16H2,1-6H3. The van der Waals surface area contributed by atoms with E-state index in [1.807, 2.05) is 27.7 Å². The maximum absolute atomic E-state index is 13.7. The lowest BCUT2D eigenvalue weighted by molar-refractivity contribution is -0.123. The summed E-state index contributed by atoms with van der Waals surface area (Å²) in [5, 5.41) is 0. The van der Waals surface area contributed by atoms with Gasteiger partial charge in [0.25, 0.3) is 11.8 Å². The number of benzene rings is 2. The number of carbonyl (C=O) groups is 3. The van der Waals surface area contributed by atoms with Gasteiger partial charge in [-0.15, -0.1) is 0 Å². The maximum Gasteiger partial charge on any atom is 0.257 e. The molecule has 3 amide bonds. The molecule has 182 valence electrons. The Morgan fingerprint density at radius 3 is 2.24 bits per heavy atom. The number of ether oxygens (including phenoxy) is 3. The van der Waals surface area contributed by atoms with Crippen LogP contribution in [-0.2, 0) is 9.59 Å². The molecule has 34 heavy (non-hydrogen) atoms. The first-order chi connectivity index (χ1) is 16.2. The van der Waals surface area contributed by atoms with Crippen LogP contribution in [0.5, 0.6) is 17.2 Å². The maximum atomic E-state index is 13.7. The molecule has 0 saturated carbocycles. The van der Waals surface area contributed by atoms with Crippen LogP contribution in [0.2, 0.25) is 0 Å². The lowest BCUT2D eigenvalue weighted by atomic mass is 9.94. The highest BCUT2D eigenvalue weighted by Crippen LogP contribution is 2.34. The van der Waals surface area contributed by atoms with Gasteiger partial charge in [0.15, 0.2) is 11.5 Å².